The molecule has 1 aliphatic heterocycles. The fourth-order valence-electron chi connectivity index (χ4n) is 3.63. The van der Waals surface area contributed by atoms with Gasteiger partial charge in [-0.15, -0.1) is 0 Å². The lowest BCUT2D eigenvalue weighted by Gasteiger charge is -2.17. The predicted molar refractivity (Wildman–Crippen MR) is 119 cm³/mol. The molecule has 1 N–H and O–H groups in total. The summed E-state index contributed by atoms with van der Waals surface area (Å²) in [5, 5.41) is 3.40. The highest BCUT2D eigenvalue weighted by atomic mass is 16.5. The van der Waals surface area contributed by atoms with E-state index in [1.807, 2.05) is 13.8 Å². The first kappa shape index (κ1) is 21.9. The van der Waals surface area contributed by atoms with Crippen LogP contribution in [0.5, 0.6) is 0 Å². The maximum Gasteiger partial charge on any atom is 0.306 e. The van der Waals surface area contributed by atoms with Crippen molar-refractivity contribution in [1.82, 2.24) is 15.0 Å². The first-order valence-electron chi connectivity index (χ1n) is 11.0. The highest BCUT2D eigenvalue weighted by Crippen LogP contribution is 2.22. The van der Waals surface area contributed by atoms with Gasteiger partial charge in [-0.2, -0.15) is 0 Å². The number of nitrogens with zero attached hydrogens (tertiary/aromatic N) is 3. The van der Waals surface area contributed by atoms with Gasteiger partial charge < -0.3 is 10.1 Å². The van der Waals surface area contributed by atoms with E-state index in [1.54, 1.807) is 12.4 Å². The second kappa shape index (κ2) is 11.4. The standard InChI is InChI=1S/C24H32N4O2/c1-3-30-23(29)15-20(21-16-26-18(2)27-17-21)9-6-4-5-7-11-22-13-12-19-10-8-14-25-24(19)28-22/h6,9,12-13,16-17,20H,3-5,7-8,10-11,14-15H2,1-2H3,(H,25,28)/b9-6+/t20-/m0/s1. The Bertz CT molecular complexity index is 849. The second-order valence-corrected chi connectivity index (χ2v) is 7.69. The number of aromatic nitrogens is 3. The lowest BCUT2D eigenvalue weighted by Crippen LogP contribution is -2.13. The number of hydrogen-bond donors (Lipinski definition) is 1. The number of fused-ring (bicyclic) bond motifs is 1. The SMILES string of the molecule is CCOC(=O)C[C@H](/C=C/CCCCc1ccc2c(n1)NCCC2)c1cnc(C)nc1. The van der Waals surface area contributed by atoms with Crippen LogP contribution < -0.4 is 5.32 Å². The van der Waals surface area contributed by atoms with Crippen LogP contribution in [0.25, 0.3) is 0 Å². The molecular weight excluding hydrogens is 376 g/mol. The quantitative estimate of drug-likeness (QED) is 0.353. The lowest BCUT2D eigenvalue weighted by atomic mass is 9.97. The molecular formula is C24H32N4O2. The first-order valence-corrected chi connectivity index (χ1v) is 11.0. The maximum atomic E-state index is 12.0. The number of pyridine rings is 1. The van der Waals surface area contributed by atoms with Crippen molar-refractivity contribution < 1.29 is 9.53 Å². The molecule has 30 heavy (non-hydrogen) atoms. The highest BCUT2D eigenvalue weighted by Gasteiger charge is 2.15. The Morgan fingerprint density at radius 1 is 1.27 bits per heavy atom. The molecule has 0 aromatic carbocycles. The summed E-state index contributed by atoms with van der Waals surface area (Å²) >= 11 is 0. The molecule has 0 amide bonds. The van der Waals surface area contributed by atoms with Gasteiger partial charge in [0.1, 0.15) is 11.6 Å². The fraction of sp³-hybridized carbons (Fsp3) is 0.500. The van der Waals surface area contributed by atoms with Gasteiger partial charge in [-0.1, -0.05) is 18.2 Å². The van der Waals surface area contributed by atoms with Crippen molar-refractivity contribution in [2.75, 3.05) is 18.5 Å². The Balaban J connectivity index is 1.48. The number of ether oxygens (including phenoxy) is 1. The predicted octanol–water partition coefficient (Wildman–Crippen LogP) is 4.54. The van der Waals surface area contributed by atoms with Gasteiger partial charge in [0.25, 0.3) is 0 Å². The van der Waals surface area contributed by atoms with Crippen molar-refractivity contribution in [3.63, 3.8) is 0 Å². The van der Waals surface area contributed by atoms with E-state index >= 15 is 0 Å². The highest BCUT2D eigenvalue weighted by molar-refractivity contribution is 5.71. The summed E-state index contributed by atoms with van der Waals surface area (Å²) in [6.45, 7) is 5.10. The van der Waals surface area contributed by atoms with Crippen molar-refractivity contribution in [3.05, 3.63) is 59.3 Å². The Morgan fingerprint density at radius 2 is 2.10 bits per heavy atom. The van der Waals surface area contributed by atoms with Crippen LogP contribution in [-0.4, -0.2) is 34.1 Å². The molecule has 0 fully saturated rings. The third-order valence-corrected chi connectivity index (χ3v) is 5.29. The van der Waals surface area contributed by atoms with Crippen LogP contribution >= 0.6 is 0 Å². The Labute approximate surface area is 179 Å². The van der Waals surface area contributed by atoms with Crippen molar-refractivity contribution in [2.45, 2.75) is 64.7 Å². The molecule has 6 nitrogen and oxygen atoms in total. The van der Waals surface area contributed by atoms with E-state index in [2.05, 4.69) is 39.6 Å². The third-order valence-electron chi connectivity index (χ3n) is 5.29. The van der Waals surface area contributed by atoms with Crippen LogP contribution in [0.15, 0.2) is 36.7 Å². The summed E-state index contributed by atoms with van der Waals surface area (Å²) in [5.41, 5.74) is 3.43. The average Bonchev–Trinajstić information content (AvgIpc) is 2.76. The fourth-order valence-corrected chi connectivity index (χ4v) is 3.63. The summed E-state index contributed by atoms with van der Waals surface area (Å²) in [6.07, 6.45) is 14.6. The molecule has 0 aliphatic carbocycles. The van der Waals surface area contributed by atoms with E-state index in [0.717, 1.165) is 61.5 Å². The topological polar surface area (TPSA) is 77.0 Å². The molecule has 1 aliphatic rings. The maximum absolute atomic E-state index is 12.0. The van der Waals surface area contributed by atoms with E-state index in [4.69, 9.17) is 9.72 Å². The smallest absolute Gasteiger partial charge is 0.306 e. The summed E-state index contributed by atoms with van der Waals surface area (Å²) in [7, 11) is 0. The van der Waals surface area contributed by atoms with E-state index in [1.165, 1.54) is 12.0 Å². The van der Waals surface area contributed by atoms with Gasteiger partial charge in [-0.05, 0) is 69.6 Å². The molecule has 0 spiro atoms. The van der Waals surface area contributed by atoms with Gasteiger partial charge in [0, 0.05) is 30.6 Å². The van der Waals surface area contributed by atoms with Crippen molar-refractivity contribution in [2.24, 2.45) is 0 Å². The zero-order valence-corrected chi connectivity index (χ0v) is 18.1. The van der Waals surface area contributed by atoms with E-state index in [9.17, 15) is 4.79 Å². The van der Waals surface area contributed by atoms with E-state index < -0.39 is 0 Å². The Morgan fingerprint density at radius 3 is 2.90 bits per heavy atom. The summed E-state index contributed by atoms with van der Waals surface area (Å²) in [5.74, 6) is 1.54. The number of anilines is 1. The van der Waals surface area contributed by atoms with Gasteiger partial charge in [0.15, 0.2) is 0 Å². The molecule has 6 heteroatoms. The molecule has 1 atom stereocenters. The number of unbranched alkanes of at least 4 members (excludes halogenated alkanes) is 2. The minimum absolute atomic E-state index is 0.0574. The van der Waals surface area contributed by atoms with Crippen LogP contribution in [-0.2, 0) is 22.4 Å². The van der Waals surface area contributed by atoms with Gasteiger partial charge in [-0.3, -0.25) is 4.79 Å². The van der Waals surface area contributed by atoms with Crippen LogP contribution in [0.4, 0.5) is 5.82 Å². The van der Waals surface area contributed by atoms with E-state index in [0.29, 0.717) is 13.0 Å². The van der Waals surface area contributed by atoms with Gasteiger partial charge in [-0.25, -0.2) is 15.0 Å². The molecule has 0 unspecified atom stereocenters. The second-order valence-electron chi connectivity index (χ2n) is 7.69. The zero-order chi connectivity index (χ0) is 21.2. The first-order chi connectivity index (χ1) is 14.7. The van der Waals surface area contributed by atoms with Crippen molar-refractivity contribution in [1.29, 1.82) is 0 Å². The Hall–Kier alpha value is -2.76. The minimum Gasteiger partial charge on any atom is -0.466 e. The van der Waals surface area contributed by atoms with Gasteiger partial charge in [0.2, 0.25) is 0 Å². The molecule has 0 radical (unpaired) electrons. The van der Waals surface area contributed by atoms with Crippen LogP contribution in [0.1, 0.15) is 67.6 Å². The summed E-state index contributed by atoms with van der Waals surface area (Å²) in [4.78, 5) is 25.3. The number of rotatable bonds is 10. The van der Waals surface area contributed by atoms with E-state index in [-0.39, 0.29) is 11.9 Å². The molecule has 0 saturated carbocycles. The average molecular weight is 409 g/mol. The monoisotopic (exact) mass is 408 g/mol. The van der Waals surface area contributed by atoms with Crippen LogP contribution in [0.3, 0.4) is 0 Å². The summed E-state index contributed by atoms with van der Waals surface area (Å²) < 4.78 is 5.13. The van der Waals surface area contributed by atoms with Crippen LogP contribution in [0, 0.1) is 6.92 Å². The summed E-state index contributed by atoms with van der Waals surface area (Å²) in [6, 6.07) is 4.38. The van der Waals surface area contributed by atoms with Crippen LogP contribution in [0.2, 0.25) is 0 Å². The largest absolute Gasteiger partial charge is 0.466 e. The lowest BCUT2D eigenvalue weighted by molar-refractivity contribution is -0.143. The van der Waals surface area contributed by atoms with Gasteiger partial charge >= 0.3 is 5.97 Å². The molecule has 3 heterocycles. The number of hydrogen-bond acceptors (Lipinski definition) is 6. The number of carbonyl (C=O) groups excluding carboxylic acids is 1. The number of esters is 1. The molecule has 160 valence electrons. The molecule has 0 saturated heterocycles. The molecule has 0 bridgehead atoms. The van der Waals surface area contributed by atoms with Crippen molar-refractivity contribution >= 4 is 11.8 Å². The number of aryl methyl sites for hydroxylation is 3. The van der Waals surface area contributed by atoms with Crippen molar-refractivity contribution in [3.8, 4) is 0 Å². The molecule has 2 aromatic heterocycles. The molecule has 2 aromatic rings. The minimum atomic E-state index is -0.195. The Kier molecular flexibility index (Phi) is 8.36. The number of allylic oxidation sites excluding steroid dienone is 2. The third kappa shape index (κ3) is 6.65. The zero-order valence-electron chi connectivity index (χ0n) is 18.1. The van der Waals surface area contributed by atoms with Gasteiger partial charge in [0.05, 0.1) is 13.0 Å². The number of carbonyl (C=O) groups is 1. The molecule has 3 rings (SSSR count). The normalized spacial score (nSPS) is 14.2. The number of nitrogens with one attached hydrogen (secondary N) is 1.